The molecule has 2 aromatic carbocycles. The highest BCUT2D eigenvalue weighted by molar-refractivity contribution is 7.20. The van der Waals surface area contributed by atoms with Crippen LogP contribution < -0.4 is 5.32 Å². The topological polar surface area (TPSA) is 72.2 Å². The summed E-state index contributed by atoms with van der Waals surface area (Å²) in [5.74, 6) is -2.56. The highest BCUT2D eigenvalue weighted by Crippen LogP contribution is 2.29. The fourth-order valence-corrected chi connectivity index (χ4v) is 2.96. The second-order valence-corrected chi connectivity index (χ2v) is 5.76. The number of non-ortho nitro benzene ring substituents is 1. The smallest absolute Gasteiger partial charge is 0.270 e. The molecule has 1 aromatic heterocycles. The first-order valence-electron chi connectivity index (χ1n) is 6.38. The highest BCUT2D eigenvalue weighted by atomic mass is 32.1. The third kappa shape index (κ3) is 3.02. The molecule has 0 bridgehead atoms. The van der Waals surface area contributed by atoms with Crippen LogP contribution in [0.25, 0.3) is 10.1 Å². The van der Waals surface area contributed by atoms with Gasteiger partial charge in [0.15, 0.2) is 11.6 Å². The molecule has 1 amide bonds. The van der Waals surface area contributed by atoms with Crippen LogP contribution in [0.3, 0.4) is 0 Å². The second kappa shape index (κ2) is 5.73. The molecule has 0 spiro atoms. The Bertz CT molecular complexity index is 940. The first kappa shape index (κ1) is 15.0. The minimum absolute atomic E-state index is 0.0668. The molecule has 1 N–H and O–H groups in total. The van der Waals surface area contributed by atoms with Crippen molar-refractivity contribution in [3.63, 3.8) is 0 Å². The van der Waals surface area contributed by atoms with Crippen LogP contribution in [-0.4, -0.2) is 10.8 Å². The monoisotopic (exact) mass is 334 g/mol. The maximum atomic E-state index is 13.1. The van der Waals surface area contributed by atoms with Crippen LogP contribution in [0, 0.1) is 21.7 Å². The van der Waals surface area contributed by atoms with Crippen LogP contribution in [0.5, 0.6) is 0 Å². The minimum atomic E-state index is -1.06. The standard InChI is InChI=1S/C15H8F2N2O3S/c16-11-3-1-9(7-12(11)17)18-15(20)14-6-8-5-10(19(21)22)2-4-13(8)23-14/h1-7H,(H,18,20). The van der Waals surface area contributed by atoms with E-state index in [0.717, 1.165) is 23.5 Å². The molecule has 0 saturated heterocycles. The Labute approximate surface area is 132 Å². The van der Waals surface area contributed by atoms with Gasteiger partial charge in [0.05, 0.1) is 9.80 Å². The molecule has 0 unspecified atom stereocenters. The number of halogens is 2. The lowest BCUT2D eigenvalue weighted by Crippen LogP contribution is -2.10. The zero-order chi connectivity index (χ0) is 16.6. The molecular formula is C15H8F2N2O3S. The van der Waals surface area contributed by atoms with E-state index in [2.05, 4.69) is 5.32 Å². The molecule has 0 fully saturated rings. The molecule has 8 heteroatoms. The van der Waals surface area contributed by atoms with Crippen LogP contribution in [-0.2, 0) is 0 Å². The van der Waals surface area contributed by atoms with Crippen molar-refractivity contribution in [2.45, 2.75) is 0 Å². The van der Waals surface area contributed by atoms with Gasteiger partial charge in [-0.1, -0.05) is 0 Å². The average Bonchev–Trinajstić information content (AvgIpc) is 2.94. The number of benzene rings is 2. The number of thiophene rings is 1. The lowest BCUT2D eigenvalue weighted by molar-refractivity contribution is -0.384. The van der Waals surface area contributed by atoms with Crippen LogP contribution >= 0.6 is 11.3 Å². The van der Waals surface area contributed by atoms with E-state index in [1.165, 1.54) is 24.3 Å². The Morgan fingerprint density at radius 1 is 1.09 bits per heavy atom. The molecule has 116 valence electrons. The van der Waals surface area contributed by atoms with Gasteiger partial charge in [0.25, 0.3) is 11.6 Å². The summed E-state index contributed by atoms with van der Waals surface area (Å²) in [7, 11) is 0. The van der Waals surface area contributed by atoms with Gasteiger partial charge in [0.1, 0.15) is 0 Å². The van der Waals surface area contributed by atoms with Crippen LogP contribution in [0.1, 0.15) is 9.67 Å². The van der Waals surface area contributed by atoms with Gasteiger partial charge in [-0.2, -0.15) is 0 Å². The van der Waals surface area contributed by atoms with Crippen molar-refractivity contribution < 1.29 is 18.5 Å². The van der Waals surface area contributed by atoms with Crippen molar-refractivity contribution in [2.24, 2.45) is 0 Å². The predicted octanol–water partition coefficient (Wildman–Crippen LogP) is 4.34. The molecule has 0 saturated carbocycles. The molecule has 0 aliphatic rings. The highest BCUT2D eigenvalue weighted by Gasteiger charge is 2.14. The van der Waals surface area contributed by atoms with E-state index in [4.69, 9.17) is 0 Å². The first-order chi connectivity index (χ1) is 10.9. The van der Waals surface area contributed by atoms with Crippen molar-refractivity contribution >= 4 is 38.7 Å². The maximum absolute atomic E-state index is 13.1. The van der Waals surface area contributed by atoms with Gasteiger partial charge in [-0.3, -0.25) is 14.9 Å². The van der Waals surface area contributed by atoms with Gasteiger partial charge in [0, 0.05) is 34.0 Å². The number of hydrogen-bond donors (Lipinski definition) is 1. The number of amides is 1. The van der Waals surface area contributed by atoms with Crippen LogP contribution in [0.2, 0.25) is 0 Å². The predicted molar refractivity (Wildman–Crippen MR) is 82.8 cm³/mol. The summed E-state index contributed by atoms with van der Waals surface area (Å²) < 4.78 is 26.7. The third-order valence-electron chi connectivity index (χ3n) is 3.11. The maximum Gasteiger partial charge on any atom is 0.270 e. The molecular weight excluding hydrogens is 326 g/mol. The van der Waals surface area contributed by atoms with Crippen LogP contribution in [0.15, 0.2) is 42.5 Å². The number of nitrogens with zero attached hydrogens (tertiary/aromatic N) is 1. The van der Waals surface area contributed by atoms with E-state index in [0.29, 0.717) is 15.0 Å². The van der Waals surface area contributed by atoms with Gasteiger partial charge >= 0.3 is 0 Å². The Morgan fingerprint density at radius 3 is 2.57 bits per heavy atom. The zero-order valence-corrected chi connectivity index (χ0v) is 12.2. The van der Waals surface area contributed by atoms with E-state index < -0.39 is 22.5 Å². The van der Waals surface area contributed by atoms with Crippen molar-refractivity contribution in [1.29, 1.82) is 0 Å². The normalized spacial score (nSPS) is 10.7. The number of nitro benzene ring substituents is 1. The number of fused-ring (bicyclic) bond motifs is 1. The summed E-state index contributed by atoms with van der Waals surface area (Å²) in [4.78, 5) is 22.7. The van der Waals surface area contributed by atoms with E-state index in [9.17, 15) is 23.7 Å². The summed E-state index contributed by atoms with van der Waals surface area (Å²) in [6, 6.07) is 8.85. The van der Waals surface area contributed by atoms with Gasteiger partial charge < -0.3 is 5.32 Å². The third-order valence-corrected chi connectivity index (χ3v) is 4.23. The van der Waals surface area contributed by atoms with Crippen molar-refractivity contribution in [1.82, 2.24) is 0 Å². The van der Waals surface area contributed by atoms with Crippen LogP contribution in [0.4, 0.5) is 20.2 Å². The summed E-state index contributed by atoms with van der Waals surface area (Å²) in [6.45, 7) is 0. The van der Waals surface area contributed by atoms with E-state index >= 15 is 0 Å². The van der Waals surface area contributed by atoms with Gasteiger partial charge in [0.2, 0.25) is 0 Å². The van der Waals surface area contributed by atoms with E-state index in [1.54, 1.807) is 6.07 Å². The number of carbonyl (C=O) groups is 1. The average molecular weight is 334 g/mol. The van der Waals surface area contributed by atoms with Gasteiger partial charge in [-0.05, 0) is 24.3 Å². The summed E-state index contributed by atoms with van der Waals surface area (Å²) in [6.07, 6.45) is 0. The molecule has 0 atom stereocenters. The number of nitro groups is 1. The number of anilines is 1. The summed E-state index contributed by atoms with van der Waals surface area (Å²) >= 11 is 1.15. The Hall–Kier alpha value is -2.87. The van der Waals surface area contributed by atoms with Gasteiger partial charge in [-0.25, -0.2) is 8.78 Å². The molecule has 3 aromatic rings. The molecule has 3 rings (SSSR count). The molecule has 1 heterocycles. The number of rotatable bonds is 3. The quantitative estimate of drug-likeness (QED) is 0.572. The molecule has 0 aliphatic heterocycles. The molecule has 23 heavy (non-hydrogen) atoms. The summed E-state index contributed by atoms with van der Waals surface area (Å²) in [5, 5.41) is 13.8. The number of hydrogen-bond acceptors (Lipinski definition) is 4. The zero-order valence-electron chi connectivity index (χ0n) is 11.4. The lowest BCUT2D eigenvalue weighted by atomic mass is 10.2. The summed E-state index contributed by atoms with van der Waals surface area (Å²) in [5.41, 5.74) is 0.0557. The van der Waals surface area contributed by atoms with Crippen molar-refractivity contribution in [2.75, 3.05) is 5.32 Å². The Morgan fingerprint density at radius 2 is 1.87 bits per heavy atom. The molecule has 0 aliphatic carbocycles. The minimum Gasteiger partial charge on any atom is -0.321 e. The van der Waals surface area contributed by atoms with Crippen molar-refractivity contribution in [3.8, 4) is 0 Å². The molecule has 5 nitrogen and oxygen atoms in total. The fourth-order valence-electron chi connectivity index (χ4n) is 2.02. The van der Waals surface area contributed by atoms with Gasteiger partial charge in [-0.15, -0.1) is 11.3 Å². The number of nitrogens with one attached hydrogen (secondary N) is 1. The molecule has 0 radical (unpaired) electrons. The Balaban J connectivity index is 1.88. The first-order valence-corrected chi connectivity index (χ1v) is 7.20. The van der Waals surface area contributed by atoms with Crippen molar-refractivity contribution in [3.05, 3.63) is 69.1 Å². The largest absolute Gasteiger partial charge is 0.321 e. The van der Waals surface area contributed by atoms with E-state index in [-0.39, 0.29) is 11.4 Å². The SMILES string of the molecule is O=C(Nc1ccc(F)c(F)c1)c1cc2cc([N+](=O)[O-])ccc2s1. The Kier molecular flexibility index (Phi) is 3.75. The lowest BCUT2D eigenvalue weighted by Gasteiger charge is -2.03. The van der Waals surface area contributed by atoms with E-state index in [1.807, 2.05) is 0 Å². The fraction of sp³-hybridized carbons (Fsp3) is 0. The second-order valence-electron chi connectivity index (χ2n) is 4.67. The number of carbonyl (C=O) groups excluding carboxylic acids is 1.